The van der Waals surface area contributed by atoms with Crippen LogP contribution in [0.2, 0.25) is 0 Å². The minimum Gasteiger partial charge on any atom is -0.479 e. The number of nitrogens with one attached hydrogen (secondary N) is 1. The van der Waals surface area contributed by atoms with Crippen LogP contribution in [0.25, 0.3) is 0 Å². The van der Waals surface area contributed by atoms with Crippen LogP contribution in [0.4, 0.5) is 11.4 Å². The molecule has 1 N–H and O–H groups in total. The number of hydrogen-bond acceptors (Lipinski definition) is 3. The number of carbonyl (C=O) groups is 1. The number of benzene rings is 1. The van der Waals surface area contributed by atoms with Crippen molar-refractivity contribution in [1.82, 2.24) is 0 Å². The summed E-state index contributed by atoms with van der Waals surface area (Å²) < 4.78 is 5.49. The standard InChI is InChI=1S/C11H14N2O2/c1-7-11(14)13(3)9-6-8(12-2)4-5-10(9)15-7/h4-7,12H,1-3H3. The summed E-state index contributed by atoms with van der Waals surface area (Å²) in [5.74, 6) is 0.736. The molecule has 1 unspecified atom stereocenters. The first-order valence-corrected chi connectivity index (χ1v) is 4.89. The predicted octanol–water partition coefficient (Wildman–Crippen LogP) is 1.47. The monoisotopic (exact) mass is 206 g/mol. The van der Waals surface area contributed by atoms with E-state index in [1.165, 1.54) is 0 Å². The molecule has 0 bridgehead atoms. The lowest BCUT2D eigenvalue weighted by molar-refractivity contribution is -0.125. The normalized spacial score (nSPS) is 19.5. The van der Waals surface area contributed by atoms with Gasteiger partial charge in [0.25, 0.3) is 5.91 Å². The Bertz CT molecular complexity index is 404. The summed E-state index contributed by atoms with van der Waals surface area (Å²) in [6.07, 6.45) is -0.400. The molecule has 1 aliphatic heterocycles. The number of fused-ring (bicyclic) bond motifs is 1. The van der Waals surface area contributed by atoms with Gasteiger partial charge in [0.15, 0.2) is 6.10 Å². The Balaban J connectivity index is 2.47. The van der Waals surface area contributed by atoms with Crippen molar-refractivity contribution in [3.05, 3.63) is 18.2 Å². The van der Waals surface area contributed by atoms with Gasteiger partial charge in [-0.15, -0.1) is 0 Å². The third-order valence-corrected chi connectivity index (χ3v) is 2.59. The predicted molar refractivity (Wildman–Crippen MR) is 59.5 cm³/mol. The van der Waals surface area contributed by atoms with Crippen molar-refractivity contribution in [3.63, 3.8) is 0 Å². The number of carbonyl (C=O) groups excluding carboxylic acids is 1. The second-order valence-corrected chi connectivity index (χ2v) is 3.59. The Morgan fingerprint density at radius 3 is 2.87 bits per heavy atom. The van der Waals surface area contributed by atoms with Crippen LogP contribution in [0.1, 0.15) is 6.92 Å². The molecule has 0 radical (unpaired) electrons. The fourth-order valence-corrected chi connectivity index (χ4v) is 1.67. The molecule has 0 fully saturated rings. The second-order valence-electron chi connectivity index (χ2n) is 3.59. The van der Waals surface area contributed by atoms with E-state index in [0.717, 1.165) is 17.1 Å². The minimum atomic E-state index is -0.400. The molecule has 1 aromatic carbocycles. The van der Waals surface area contributed by atoms with E-state index in [1.807, 2.05) is 25.2 Å². The van der Waals surface area contributed by atoms with Crippen molar-refractivity contribution in [2.75, 3.05) is 24.3 Å². The van der Waals surface area contributed by atoms with Gasteiger partial charge in [0.2, 0.25) is 0 Å². The summed E-state index contributed by atoms with van der Waals surface area (Å²) >= 11 is 0. The molecule has 0 aliphatic carbocycles. The number of hydrogen-bond donors (Lipinski definition) is 1. The average molecular weight is 206 g/mol. The Hall–Kier alpha value is -1.71. The Labute approximate surface area is 88.8 Å². The van der Waals surface area contributed by atoms with E-state index in [4.69, 9.17) is 4.74 Å². The quantitative estimate of drug-likeness (QED) is 0.756. The number of nitrogens with zero attached hydrogens (tertiary/aromatic N) is 1. The summed E-state index contributed by atoms with van der Waals surface area (Å²) in [5.41, 5.74) is 1.77. The van der Waals surface area contributed by atoms with Crippen LogP contribution in [0.3, 0.4) is 0 Å². The largest absolute Gasteiger partial charge is 0.479 e. The molecule has 4 heteroatoms. The Morgan fingerprint density at radius 2 is 2.20 bits per heavy atom. The summed E-state index contributed by atoms with van der Waals surface area (Å²) in [4.78, 5) is 13.3. The summed E-state index contributed by atoms with van der Waals surface area (Å²) in [6, 6.07) is 5.70. The maximum absolute atomic E-state index is 11.7. The van der Waals surface area contributed by atoms with E-state index >= 15 is 0 Å². The zero-order valence-corrected chi connectivity index (χ0v) is 9.07. The number of ether oxygens (including phenoxy) is 1. The van der Waals surface area contributed by atoms with Crippen molar-refractivity contribution < 1.29 is 9.53 Å². The average Bonchev–Trinajstić information content (AvgIpc) is 2.26. The molecule has 15 heavy (non-hydrogen) atoms. The molecular weight excluding hydrogens is 192 g/mol. The van der Waals surface area contributed by atoms with Gasteiger partial charge in [-0.05, 0) is 25.1 Å². The molecule has 1 heterocycles. The number of likely N-dealkylation sites (N-methyl/N-ethyl adjacent to an activating group) is 1. The van der Waals surface area contributed by atoms with Gasteiger partial charge in [-0.1, -0.05) is 0 Å². The molecule has 2 rings (SSSR count). The van der Waals surface area contributed by atoms with Gasteiger partial charge in [0.05, 0.1) is 5.69 Å². The summed E-state index contributed by atoms with van der Waals surface area (Å²) in [5, 5.41) is 3.03. The molecule has 1 amide bonds. The zero-order valence-electron chi connectivity index (χ0n) is 9.07. The molecule has 1 aliphatic rings. The number of rotatable bonds is 1. The van der Waals surface area contributed by atoms with Gasteiger partial charge in [0, 0.05) is 19.8 Å². The van der Waals surface area contributed by atoms with Gasteiger partial charge in [-0.3, -0.25) is 4.79 Å². The van der Waals surface area contributed by atoms with Crippen LogP contribution in [0.15, 0.2) is 18.2 Å². The SMILES string of the molecule is CNc1ccc2c(c1)N(C)C(=O)C(C)O2. The van der Waals surface area contributed by atoms with Crippen molar-refractivity contribution in [2.45, 2.75) is 13.0 Å². The fourth-order valence-electron chi connectivity index (χ4n) is 1.67. The molecule has 4 nitrogen and oxygen atoms in total. The van der Waals surface area contributed by atoms with E-state index in [-0.39, 0.29) is 5.91 Å². The highest BCUT2D eigenvalue weighted by Crippen LogP contribution is 2.35. The van der Waals surface area contributed by atoms with Crippen molar-refractivity contribution in [2.24, 2.45) is 0 Å². The highest BCUT2D eigenvalue weighted by Gasteiger charge is 2.28. The highest BCUT2D eigenvalue weighted by atomic mass is 16.5. The molecule has 0 saturated heterocycles. The highest BCUT2D eigenvalue weighted by molar-refractivity contribution is 5.99. The van der Waals surface area contributed by atoms with Crippen LogP contribution >= 0.6 is 0 Å². The number of amides is 1. The van der Waals surface area contributed by atoms with E-state index in [0.29, 0.717) is 0 Å². The van der Waals surface area contributed by atoms with E-state index in [1.54, 1.807) is 18.9 Å². The van der Waals surface area contributed by atoms with Gasteiger partial charge in [0.1, 0.15) is 5.75 Å². The number of anilines is 2. The van der Waals surface area contributed by atoms with E-state index < -0.39 is 6.10 Å². The zero-order chi connectivity index (χ0) is 11.0. The molecule has 1 aromatic rings. The molecular formula is C11H14N2O2. The first kappa shape index (κ1) is 9.83. The lowest BCUT2D eigenvalue weighted by Gasteiger charge is -2.30. The van der Waals surface area contributed by atoms with E-state index in [9.17, 15) is 4.79 Å². The van der Waals surface area contributed by atoms with Crippen LogP contribution in [0, 0.1) is 0 Å². The van der Waals surface area contributed by atoms with Crippen LogP contribution in [-0.2, 0) is 4.79 Å². The summed E-state index contributed by atoms with van der Waals surface area (Å²) in [6.45, 7) is 1.76. The summed E-state index contributed by atoms with van der Waals surface area (Å²) in [7, 11) is 3.61. The van der Waals surface area contributed by atoms with Crippen LogP contribution in [-0.4, -0.2) is 26.1 Å². The van der Waals surface area contributed by atoms with Gasteiger partial charge >= 0.3 is 0 Å². The third-order valence-electron chi connectivity index (χ3n) is 2.59. The topological polar surface area (TPSA) is 41.6 Å². The molecule has 0 saturated carbocycles. The molecule has 80 valence electrons. The van der Waals surface area contributed by atoms with Crippen LogP contribution in [0.5, 0.6) is 5.75 Å². The first-order chi connectivity index (χ1) is 7.13. The Morgan fingerprint density at radius 1 is 1.47 bits per heavy atom. The smallest absolute Gasteiger partial charge is 0.267 e. The van der Waals surface area contributed by atoms with Gasteiger partial charge in [-0.2, -0.15) is 0 Å². The maximum atomic E-state index is 11.7. The molecule has 1 atom stereocenters. The van der Waals surface area contributed by atoms with Crippen molar-refractivity contribution in [1.29, 1.82) is 0 Å². The first-order valence-electron chi connectivity index (χ1n) is 4.89. The van der Waals surface area contributed by atoms with Crippen molar-refractivity contribution in [3.8, 4) is 5.75 Å². The minimum absolute atomic E-state index is 0.0178. The second kappa shape index (κ2) is 3.46. The molecule has 0 aromatic heterocycles. The molecule has 0 spiro atoms. The van der Waals surface area contributed by atoms with E-state index in [2.05, 4.69) is 5.32 Å². The van der Waals surface area contributed by atoms with Gasteiger partial charge < -0.3 is 15.0 Å². The maximum Gasteiger partial charge on any atom is 0.267 e. The lowest BCUT2D eigenvalue weighted by Crippen LogP contribution is -2.41. The lowest BCUT2D eigenvalue weighted by atomic mass is 10.2. The fraction of sp³-hybridized carbons (Fsp3) is 0.364. The third kappa shape index (κ3) is 1.52. The van der Waals surface area contributed by atoms with Gasteiger partial charge in [-0.25, -0.2) is 0 Å². The Kier molecular flexibility index (Phi) is 2.26. The van der Waals surface area contributed by atoms with Crippen molar-refractivity contribution >= 4 is 17.3 Å². The van der Waals surface area contributed by atoms with Crippen LogP contribution < -0.4 is 15.0 Å².